The normalized spacial score (nSPS) is 11.2. The first kappa shape index (κ1) is 15.6. The summed E-state index contributed by atoms with van der Waals surface area (Å²) in [5.74, 6) is 0. The molecule has 0 spiro atoms. The SMILES string of the molecule is CCN(CC)CCn1cc(NCc2cncn2CC)cn1. The third-order valence-corrected chi connectivity index (χ3v) is 3.79. The zero-order valence-electron chi connectivity index (χ0n) is 13.3. The van der Waals surface area contributed by atoms with Crippen LogP contribution in [0.4, 0.5) is 5.69 Å². The van der Waals surface area contributed by atoms with Gasteiger partial charge in [0.15, 0.2) is 0 Å². The summed E-state index contributed by atoms with van der Waals surface area (Å²) in [5.41, 5.74) is 2.24. The smallest absolute Gasteiger partial charge is 0.0948 e. The lowest BCUT2D eigenvalue weighted by atomic mass is 10.4. The lowest BCUT2D eigenvalue weighted by Crippen LogP contribution is -2.27. The van der Waals surface area contributed by atoms with Crippen LogP contribution in [0.1, 0.15) is 26.5 Å². The molecular weight excluding hydrogens is 264 g/mol. The molecule has 0 saturated heterocycles. The molecule has 21 heavy (non-hydrogen) atoms. The van der Waals surface area contributed by atoms with Crippen molar-refractivity contribution in [2.75, 3.05) is 25.0 Å². The molecule has 0 aliphatic carbocycles. The standard InChI is InChI=1S/C15H26N6/c1-4-19(5-2)7-8-21-12-14(9-18-21)17-11-15-10-16-13-20(15)6-3/h9-10,12-13,17H,4-8,11H2,1-3H3. The largest absolute Gasteiger partial charge is 0.377 e. The zero-order valence-corrected chi connectivity index (χ0v) is 13.3. The maximum absolute atomic E-state index is 4.40. The van der Waals surface area contributed by atoms with Crippen LogP contribution in [-0.2, 0) is 19.6 Å². The summed E-state index contributed by atoms with van der Waals surface area (Å²) in [6.07, 6.45) is 7.72. The summed E-state index contributed by atoms with van der Waals surface area (Å²) >= 11 is 0. The molecule has 0 amide bonds. The zero-order chi connectivity index (χ0) is 15.1. The summed E-state index contributed by atoms with van der Waals surface area (Å²) in [5, 5.41) is 7.80. The van der Waals surface area contributed by atoms with E-state index >= 15 is 0 Å². The van der Waals surface area contributed by atoms with Gasteiger partial charge < -0.3 is 14.8 Å². The van der Waals surface area contributed by atoms with E-state index in [2.05, 4.69) is 51.8 Å². The monoisotopic (exact) mass is 290 g/mol. The molecule has 0 aliphatic rings. The molecule has 6 heteroatoms. The van der Waals surface area contributed by atoms with Gasteiger partial charge in [-0.05, 0) is 20.0 Å². The Bertz CT molecular complexity index is 526. The molecule has 6 nitrogen and oxygen atoms in total. The number of hydrogen-bond acceptors (Lipinski definition) is 4. The Labute approximate surface area is 126 Å². The highest BCUT2D eigenvalue weighted by Gasteiger charge is 2.03. The van der Waals surface area contributed by atoms with Crippen molar-refractivity contribution in [2.24, 2.45) is 0 Å². The molecule has 2 heterocycles. The van der Waals surface area contributed by atoms with Crippen LogP contribution >= 0.6 is 0 Å². The van der Waals surface area contributed by atoms with Crippen molar-refractivity contribution in [3.8, 4) is 0 Å². The van der Waals surface area contributed by atoms with Crippen LogP contribution in [0.25, 0.3) is 0 Å². The molecule has 0 bridgehead atoms. The van der Waals surface area contributed by atoms with Crippen LogP contribution in [0.5, 0.6) is 0 Å². The minimum Gasteiger partial charge on any atom is -0.377 e. The van der Waals surface area contributed by atoms with Crippen LogP contribution in [0.3, 0.4) is 0 Å². The van der Waals surface area contributed by atoms with Gasteiger partial charge in [-0.15, -0.1) is 0 Å². The molecule has 2 aromatic rings. The van der Waals surface area contributed by atoms with E-state index in [1.807, 2.05) is 23.4 Å². The highest BCUT2D eigenvalue weighted by Crippen LogP contribution is 2.08. The molecule has 0 atom stereocenters. The first-order valence-electron chi connectivity index (χ1n) is 7.74. The topological polar surface area (TPSA) is 50.9 Å². The van der Waals surface area contributed by atoms with Crippen LogP contribution in [0.15, 0.2) is 24.9 Å². The van der Waals surface area contributed by atoms with Gasteiger partial charge in [0.05, 0.1) is 37.0 Å². The van der Waals surface area contributed by atoms with E-state index < -0.39 is 0 Å². The van der Waals surface area contributed by atoms with Gasteiger partial charge in [-0.25, -0.2) is 4.98 Å². The molecule has 2 rings (SSSR count). The van der Waals surface area contributed by atoms with Gasteiger partial charge in [-0.3, -0.25) is 4.68 Å². The van der Waals surface area contributed by atoms with Crippen molar-refractivity contribution in [3.63, 3.8) is 0 Å². The van der Waals surface area contributed by atoms with Crippen molar-refractivity contribution in [2.45, 2.75) is 40.4 Å². The number of imidazole rings is 1. The van der Waals surface area contributed by atoms with Crippen molar-refractivity contribution in [1.82, 2.24) is 24.2 Å². The number of nitrogens with one attached hydrogen (secondary N) is 1. The number of rotatable bonds is 9. The molecule has 0 saturated carbocycles. The van der Waals surface area contributed by atoms with E-state index in [4.69, 9.17) is 0 Å². The van der Waals surface area contributed by atoms with Crippen molar-refractivity contribution >= 4 is 5.69 Å². The number of aryl methyl sites for hydroxylation is 1. The van der Waals surface area contributed by atoms with Gasteiger partial charge in [-0.1, -0.05) is 13.8 Å². The first-order valence-corrected chi connectivity index (χ1v) is 7.74. The Balaban J connectivity index is 1.83. The number of nitrogens with zero attached hydrogens (tertiary/aromatic N) is 5. The Hall–Kier alpha value is -1.82. The molecule has 0 unspecified atom stereocenters. The van der Waals surface area contributed by atoms with Crippen molar-refractivity contribution in [3.05, 3.63) is 30.6 Å². The number of anilines is 1. The third-order valence-electron chi connectivity index (χ3n) is 3.79. The Morgan fingerprint density at radius 2 is 2.00 bits per heavy atom. The molecule has 116 valence electrons. The second kappa shape index (κ2) is 7.83. The number of aromatic nitrogens is 4. The highest BCUT2D eigenvalue weighted by molar-refractivity contribution is 5.38. The van der Waals surface area contributed by atoms with Gasteiger partial charge in [0.25, 0.3) is 0 Å². The highest BCUT2D eigenvalue weighted by atomic mass is 15.3. The lowest BCUT2D eigenvalue weighted by molar-refractivity contribution is 0.285. The average Bonchev–Trinajstić information content (AvgIpc) is 3.14. The average molecular weight is 290 g/mol. The van der Waals surface area contributed by atoms with Gasteiger partial charge >= 0.3 is 0 Å². The Kier molecular flexibility index (Phi) is 5.80. The van der Waals surface area contributed by atoms with Gasteiger partial charge in [-0.2, -0.15) is 5.10 Å². The minimum atomic E-state index is 0.773. The molecule has 0 aromatic carbocycles. The summed E-state index contributed by atoms with van der Waals surface area (Å²) in [6, 6.07) is 0. The van der Waals surface area contributed by atoms with Crippen LogP contribution in [0.2, 0.25) is 0 Å². The van der Waals surface area contributed by atoms with Gasteiger partial charge in [0, 0.05) is 25.5 Å². The first-order chi connectivity index (χ1) is 10.3. The fraction of sp³-hybridized carbons (Fsp3) is 0.600. The molecule has 0 fully saturated rings. The molecule has 2 aromatic heterocycles. The molecule has 0 aliphatic heterocycles. The van der Waals surface area contributed by atoms with E-state index in [-0.39, 0.29) is 0 Å². The van der Waals surface area contributed by atoms with E-state index in [9.17, 15) is 0 Å². The van der Waals surface area contributed by atoms with E-state index in [0.29, 0.717) is 0 Å². The summed E-state index contributed by atoms with van der Waals surface area (Å²) in [7, 11) is 0. The minimum absolute atomic E-state index is 0.773. The fourth-order valence-corrected chi connectivity index (χ4v) is 2.33. The maximum atomic E-state index is 4.40. The van der Waals surface area contributed by atoms with Gasteiger partial charge in [0.1, 0.15) is 0 Å². The summed E-state index contributed by atoms with van der Waals surface area (Å²) in [6.45, 7) is 12.4. The van der Waals surface area contributed by atoms with E-state index in [1.165, 1.54) is 5.69 Å². The van der Waals surface area contributed by atoms with E-state index in [1.54, 1.807) is 0 Å². The Morgan fingerprint density at radius 3 is 2.71 bits per heavy atom. The second-order valence-corrected chi connectivity index (χ2v) is 5.04. The summed E-state index contributed by atoms with van der Waals surface area (Å²) in [4.78, 5) is 6.57. The maximum Gasteiger partial charge on any atom is 0.0948 e. The third kappa shape index (κ3) is 4.32. The van der Waals surface area contributed by atoms with Crippen molar-refractivity contribution in [1.29, 1.82) is 0 Å². The number of likely N-dealkylation sites (N-methyl/N-ethyl adjacent to an activating group) is 1. The predicted molar refractivity (Wildman–Crippen MR) is 85.2 cm³/mol. The van der Waals surface area contributed by atoms with Gasteiger partial charge in [0.2, 0.25) is 0 Å². The molecule has 1 N–H and O–H groups in total. The lowest BCUT2D eigenvalue weighted by Gasteiger charge is -2.17. The molecular formula is C15H26N6. The summed E-state index contributed by atoms with van der Waals surface area (Å²) < 4.78 is 4.13. The van der Waals surface area contributed by atoms with Crippen LogP contribution < -0.4 is 5.32 Å². The van der Waals surface area contributed by atoms with Crippen LogP contribution in [-0.4, -0.2) is 43.9 Å². The predicted octanol–water partition coefficient (Wildman–Crippen LogP) is 2.05. The second-order valence-electron chi connectivity index (χ2n) is 5.04. The fourth-order valence-electron chi connectivity index (χ4n) is 2.33. The van der Waals surface area contributed by atoms with Crippen LogP contribution in [0, 0.1) is 0 Å². The number of hydrogen-bond donors (Lipinski definition) is 1. The quantitative estimate of drug-likeness (QED) is 0.768. The Morgan fingerprint density at radius 1 is 1.19 bits per heavy atom. The van der Waals surface area contributed by atoms with E-state index in [0.717, 1.165) is 45.0 Å². The van der Waals surface area contributed by atoms with Crippen molar-refractivity contribution < 1.29 is 0 Å². The molecule has 0 radical (unpaired) electrons.